The third-order valence-electron chi connectivity index (χ3n) is 5.14. The van der Waals surface area contributed by atoms with Crippen molar-refractivity contribution in [3.8, 4) is 0 Å². The van der Waals surface area contributed by atoms with E-state index in [2.05, 4.69) is 15.3 Å². The minimum Gasteiger partial charge on any atom is -0.454 e. The predicted octanol–water partition coefficient (Wildman–Crippen LogP) is 3.34. The summed E-state index contributed by atoms with van der Waals surface area (Å²) in [6, 6.07) is 9.90. The van der Waals surface area contributed by atoms with Gasteiger partial charge in [-0.15, -0.1) is 0 Å². The lowest BCUT2D eigenvalue weighted by Gasteiger charge is -2.08. The number of hydrogen-bond acceptors (Lipinski definition) is 6. The highest BCUT2D eigenvalue weighted by atomic mass is 16.5. The van der Waals surface area contributed by atoms with E-state index >= 15 is 0 Å². The Hall–Kier alpha value is -3.61. The van der Waals surface area contributed by atoms with Crippen LogP contribution in [0.15, 0.2) is 36.4 Å². The van der Waals surface area contributed by atoms with Gasteiger partial charge >= 0.3 is 5.97 Å². The quantitative estimate of drug-likeness (QED) is 0.543. The Morgan fingerprint density at radius 3 is 2.45 bits per heavy atom. The van der Waals surface area contributed by atoms with E-state index < -0.39 is 5.97 Å². The van der Waals surface area contributed by atoms with Gasteiger partial charge in [-0.3, -0.25) is 9.59 Å². The number of amides is 1. The third-order valence-corrected chi connectivity index (χ3v) is 5.14. The van der Waals surface area contributed by atoms with Crippen molar-refractivity contribution in [3.05, 3.63) is 64.5 Å². The van der Waals surface area contributed by atoms with Crippen LogP contribution in [0.4, 0.5) is 5.69 Å². The van der Waals surface area contributed by atoms with Gasteiger partial charge in [-0.25, -0.2) is 14.8 Å². The molecule has 3 aromatic rings. The second-order valence-corrected chi connectivity index (χ2v) is 7.11. The minimum absolute atomic E-state index is 0.0964. The molecular formula is C22H19N3O4. The van der Waals surface area contributed by atoms with Crippen molar-refractivity contribution in [2.24, 2.45) is 0 Å². The molecule has 0 bridgehead atoms. The van der Waals surface area contributed by atoms with Crippen molar-refractivity contribution >= 4 is 34.4 Å². The average molecular weight is 389 g/mol. The average Bonchev–Trinajstić information content (AvgIpc) is 2.99. The van der Waals surface area contributed by atoms with Crippen molar-refractivity contribution < 1.29 is 19.1 Å². The Bertz CT molecular complexity index is 1190. The third kappa shape index (κ3) is 3.47. The molecule has 0 spiro atoms. The van der Waals surface area contributed by atoms with Crippen molar-refractivity contribution in [2.75, 3.05) is 11.9 Å². The summed E-state index contributed by atoms with van der Waals surface area (Å²) in [5.74, 6) is -1.35. The van der Waals surface area contributed by atoms with E-state index in [-0.39, 0.29) is 24.2 Å². The number of fused-ring (bicyclic) bond motifs is 2. The molecule has 1 amide bonds. The van der Waals surface area contributed by atoms with E-state index in [0.717, 1.165) is 17.0 Å². The van der Waals surface area contributed by atoms with Crippen LogP contribution in [0.2, 0.25) is 0 Å². The number of Topliss-reactive ketones (excluding diaryl/α,β-unsaturated/α-hetero) is 1. The second-order valence-electron chi connectivity index (χ2n) is 7.11. The van der Waals surface area contributed by atoms with Gasteiger partial charge in [-0.2, -0.15) is 0 Å². The van der Waals surface area contributed by atoms with Crippen molar-refractivity contribution in [3.63, 3.8) is 0 Å². The topological polar surface area (TPSA) is 98.2 Å². The van der Waals surface area contributed by atoms with Crippen LogP contribution in [0.3, 0.4) is 0 Å². The number of hydrogen-bond donors (Lipinski definition) is 1. The molecule has 2 heterocycles. The summed E-state index contributed by atoms with van der Waals surface area (Å²) in [4.78, 5) is 45.4. The highest BCUT2D eigenvalue weighted by molar-refractivity contribution is 6.05. The number of ether oxygens (including phenoxy) is 1. The van der Waals surface area contributed by atoms with Gasteiger partial charge in [-0.05, 0) is 62.7 Å². The summed E-state index contributed by atoms with van der Waals surface area (Å²) < 4.78 is 5.20. The molecule has 7 heteroatoms. The first-order valence-electron chi connectivity index (χ1n) is 9.23. The van der Waals surface area contributed by atoms with Crippen LogP contribution >= 0.6 is 0 Å². The maximum Gasteiger partial charge on any atom is 0.338 e. The van der Waals surface area contributed by atoms with E-state index in [9.17, 15) is 14.4 Å². The fraction of sp³-hybridized carbons (Fsp3) is 0.227. The van der Waals surface area contributed by atoms with E-state index in [0.29, 0.717) is 27.8 Å². The maximum absolute atomic E-state index is 12.5. The lowest BCUT2D eigenvalue weighted by atomic mass is 9.99. The molecule has 1 aliphatic heterocycles. The van der Waals surface area contributed by atoms with Crippen LogP contribution in [-0.2, 0) is 9.53 Å². The fourth-order valence-corrected chi connectivity index (χ4v) is 3.25. The molecule has 0 aliphatic carbocycles. The number of esters is 1. The Labute approximate surface area is 167 Å². The number of nitrogens with zero attached hydrogens (tertiary/aromatic N) is 2. The normalized spacial score (nSPS) is 15.1. The standard InChI is InChI=1S/C22H19N3O4/c1-11-16-8-14(4-6-17(16)25-21(11)27)20(26)10-29-22(28)15-5-7-18-19(9-15)24-13(3)12(2)23-18/h4-9,11H,10H2,1-3H3,(H,25,27)/t11-/m0/s1. The van der Waals surface area contributed by atoms with Gasteiger partial charge < -0.3 is 10.1 Å². The van der Waals surface area contributed by atoms with Crippen LogP contribution in [-0.4, -0.2) is 34.2 Å². The summed E-state index contributed by atoms with van der Waals surface area (Å²) in [6.45, 7) is 5.12. The van der Waals surface area contributed by atoms with Gasteiger partial charge in [0.1, 0.15) is 0 Å². The van der Waals surface area contributed by atoms with Gasteiger partial charge in [0, 0.05) is 11.3 Å². The van der Waals surface area contributed by atoms with E-state index in [1.165, 1.54) is 0 Å². The van der Waals surface area contributed by atoms with Gasteiger partial charge in [0.15, 0.2) is 12.4 Å². The molecule has 0 saturated carbocycles. The highest BCUT2D eigenvalue weighted by Gasteiger charge is 2.27. The van der Waals surface area contributed by atoms with Crippen LogP contribution < -0.4 is 5.32 Å². The largest absolute Gasteiger partial charge is 0.454 e. The number of ketones is 1. The van der Waals surface area contributed by atoms with Crippen molar-refractivity contribution in [1.82, 2.24) is 9.97 Å². The van der Waals surface area contributed by atoms with E-state index in [1.807, 2.05) is 13.8 Å². The first-order chi connectivity index (χ1) is 13.8. The summed E-state index contributed by atoms with van der Waals surface area (Å²) >= 11 is 0. The fourth-order valence-electron chi connectivity index (χ4n) is 3.25. The predicted molar refractivity (Wildman–Crippen MR) is 107 cm³/mol. The van der Waals surface area contributed by atoms with Crippen LogP contribution in [0.1, 0.15) is 50.5 Å². The highest BCUT2D eigenvalue weighted by Crippen LogP contribution is 2.32. The maximum atomic E-state index is 12.5. The molecule has 1 aromatic heterocycles. The second kappa shape index (κ2) is 7.09. The smallest absolute Gasteiger partial charge is 0.338 e. The number of rotatable bonds is 4. The Morgan fingerprint density at radius 2 is 1.69 bits per heavy atom. The Balaban J connectivity index is 1.47. The molecular weight excluding hydrogens is 370 g/mol. The number of carbonyl (C=O) groups is 3. The Morgan fingerprint density at radius 1 is 1.00 bits per heavy atom. The van der Waals surface area contributed by atoms with E-state index in [4.69, 9.17) is 4.74 Å². The molecule has 146 valence electrons. The zero-order chi connectivity index (χ0) is 20.7. The number of benzene rings is 2. The summed E-state index contributed by atoms with van der Waals surface area (Å²) in [5, 5.41) is 2.76. The lowest BCUT2D eigenvalue weighted by Crippen LogP contribution is -2.14. The molecule has 0 radical (unpaired) electrons. The van der Waals surface area contributed by atoms with Crippen LogP contribution in [0, 0.1) is 13.8 Å². The monoisotopic (exact) mass is 389 g/mol. The summed E-state index contributed by atoms with van der Waals surface area (Å²) in [5.41, 5.74) is 5.09. The number of nitrogens with one attached hydrogen (secondary N) is 1. The molecule has 0 saturated heterocycles. The van der Waals surface area contributed by atoms with Crippen molar-refractivity contribution in [2.45, 2.75) is 26.7 Å². The summed E-state index contributed by atoms with van der Waals surface area (Å²) in [6.07, 6.45) is 0. The number of aryl methyl sites for hydroxylation is 2. The van der Waals surface area contributed by atoms with Gasteiger partial charge in [0.05, 0.1) is 33.9 Å². The SMILES string of the molecule is Cc1nc2ccc(C(=O)OCC(=O)c3ccc4c(c3)[C@H](C)C(=O)N4)cc2nc1C. The van der Waals surface area contributed by atoms with Gasteiger partial charge in [-0.1, -0.05) is 0 Å². The molecule has 1 N–H and O–H groups in total. The van der Waals surface area contributed by atoms with Crippen molar-refractivity contribution in [1.29, 1.82) is 0 Å². The van der Waals surface area contributed by atoms with E-state index in [1.54, 1.807) is 43.3 Å². The zero-order valence-corrected chi connectivity index (χ0v) is 16.3. The first-order valence-corrected chi connectivity index (χ1v) is 9.23. The molecule has 0 fully saturated rings. The van der Waals surface area contributed by atoms with Gasteiger partial charge in [0.2, 0.25) is 5.91 Å². The summed E-state index contributed by atoms with van der Waals surface area (Å²) in [7, 11) is 0. The number of carbonyl (C=O) groups excluding carboxylic acids is 3. The number of aromatic nitrogens is 2. The molecule has 1 atom stereocenters. The molecule has 1 aliphatic rings. The molecule has 2 aromatic carbocycles. The molecule has 4 rings (SSSR count). The Kier molecular flexibility index (Phi) is 4.58. The van der Waals surface area contributed by atoms with Crippen LogP contribution in [0.5, 0.6) is 0 Å². The lowest BCUT2D eigenvalue weighted by molar-refractivity contribution is -0.116. The van der Waals surface area contributed by atoms with Gasteiger partial charge in [0.25, 0.3) is 0 Å². The first kappa shape index (κ1) is 18.7. The molecule has 0 unspecified atom stereocenters. The molecule has 7 nitrogen and oxygen atoms in total. The number of anilines is 1. The van der Waals surface area contributed by atoms with Crippen LogP contribution in [0.25, 0.3) is 11.0 Å². The zero-order valence-electron chi connectivity index (χ0n) is 16.3. The minimum atomic E-state index is -0.605. The molecule has 29 heavy (non-hydrogen) atoms.